The second-order valence-electron chi connectivity index (χ2n) is 4.56. The molecule has 4 nitrogen and oxygen atoms in total. The number of rotatable bonds is 4. The molecular weight excluding hydrogens is 230 g/mol. The van der Waals surface area contributed by atoms with Crippen molar-refractivity contribution >= 4 is 0 Å². The van der Waals surface area contributed by atoms with Gasteiger partial charge in [0.2, 0.25) is 5.75 Å². The van der Waals surface area contributed by atoms with Crippen LogP contribution in [-0.4, -0.2) is 33.9 Å². The summed E-state index contributed by atoms with van der Waals surface area (Å²) < 4.78 is 16.3. The largest absolute Gasteiger partial charge is 0.493 e. The Morgan fingerprint density at radius 1 is 1.06 bits per heavy atom. The molecule has 1 aliphatic heterocycles. The van der Waals surface area contributed by atoms with Crippen LogP contribution in [0.5, 0.6) is 17.2 Å². The quantitative estimate of drug-likeness (QED) is 0.890. The Labute approximate surface area is 108 Å². The van der Waals surface area contributed by atoms with E-state index in [2.05, 4.69) is 18.3 Å². The third-order valence-electron chi connectivity index (χ3n) is 3.66. The van der Waals surface area contributed by atoms with Crippen molar-refractivity contribution in [3.63, 3.8) is 0 Å². The lowest BCUT2D eigenvalue weighted by molar-refractivity contribution is 0.320. The lowest BCUT2D eigenvalue weighted by Gasteiger charge is -2.21. The zero-order valence-corrected chi connectivity index (χ0v) is 11.4. The van der Waals surface area contributed by atoms with Crippen LogP contribution in [-0.2, 0) is 0 Å². The van der Waals surface area contributed by atoms with Gasteiger partial charge >= 0.3 is 0 Å². The smallest absolute Gasteiger partial charge is 0.203 e. The summed E-state index contributed by atoms with van der Waals surface area (Å²) in [4.78, 5) is 0. The molecule has 4 heteroatoms. The third kappa shape index (κ3) is 2.12. The summed E-state index contributed by atoms with van der Waals surface area (Å²) in [7, 11) is 4.95. The molecule has 2 unspecified atom stereocenters. The van der Waals surface area contributed by atoms with E-state index >= 15 is 0 Å². The molecule has 0 bridgehead atoms. The fraction of sp³-hybridized carbons (Fsp3) is 0.571. The maximum absolute atomic E-state index is 5.54. The highest BCUT2D eigenvalue weighted by Crippen LogP contribution is 2.44. The average Bonchev–Trinajstić information content (AvgIpc) is 2.82. The first-order valence-electron chi connectivity index (χ1n) is 6.25. The van der Waals surface area contributed by atoms with Gasteiger partial charge in [-0.05, 0) is 26.0 Å². The van der Waals surface area contributed by atoms with Gasteiger partial charge in [0, 0.05) is 17.5 Å². The molecule has 0 aliphatic carbocycles. The predicted molar refractivity (Wildman–Crippen MR) is 70.9 cm³/mol. The van der Waals surface area contributed by atoms with E-state index in [0.29, 0.717) is 23.5 Å². The molecule has 1 N–H and O–H groups in total. The number of hydrogen-bond donors (Lipinski definition) is 1. The van der Waals surface area contributed by atoms with Crippen LogP contribution in [0.25, 0.3) is 0 Å². The summed E-state index contributed by atoms with van der Waals surface area (Å²) in [5.74, 6) is 2.63. The molecule has 18 heavy (non-hydrogen) atoms. The van der Waals surface area contributed by atoms with E-state index in [1.54, 1.807) is 21.3 Å². The fourth-order valence-corrected chi connectivity index (χ4v) is 2.70. The summed E-state index contributed by atoms with van der Waals surface area (Å²) in [5, 5.41) is 3.46. The monoisotopic (exact) mass is 251 g/mol. The van der Waals surface area contributed by atoms with Gasteiger partial charge in [0.25, 0.3) is 0 Å². The van der Waals surface area contributed by atoms with Gasteiger partial charge in [0.15, 0.2) is 11.5 Å². The molecule has 1 aliphatic rings. The van der Waals surface area contributed by atoms with Crippen molar-refractivity contribution in [2.45, 2.75) is 25.3 Å². The summed E-state index contributed by atoms with van der Waals surface area (Å²) in [5.41, 5.74) is 1.19. The van der Waals surface area contributed by atoms with E-state index in [1.165, 1.54) is 5.56 Å². The van der Waals surface area contributed by atoms with Crippen molar-refractivity contribution < 1.29 is 14.2 Å². The molecule has 1 heterocycles. The lowest BCUT2D eigenvalue weighted by atomic mass is 9.91. The Balaban J connectivity index is 2.47. The number of methoxy groups -OCH3 is 3. The van der Waals surface area contributed by atoms with Gasteiger partial charge in [0.1, 0.15) is 0 Å². The molecule has 1 saturated heterocycles. The van der Waals surface area contributed by atoms with Gasteiger partial charge in [-0.2, -0.15) is 0 Å². The lowest BCUT2D eigenvalue weighted by Crippen LogP contribution is -2.22. The summed E-state index contributed by atoms with van der Waals surface area (Å²) in [6.07, 6.45) is 1.12. The van der Waals surface area contributed by atoms with Gasteiger partial charge in [-0.25, -0.2) is 0 Å². The van der Waals surface area contributed by atoms with E-state index in [4.69, 9.17) is 14.2 Å². The highest BCUT2D eigenvalue weighted by Gasteiger charge is 2.29. The zero-order valence-electron chi connectivity index (χ0n) is 11.4. The van der Waals surface area contributed by atoms with E-state index in [0.717, 1.165) is 18.7 Å². The van der Waals surface area contributed by atoms with Crippen LogP contribution >= 0.6 is 0 Å². The zero-order chi connectivity index (χ0) is 13.1. The summed E-state index contributed by atoms with van der Waals surface area (Å²) in [6.45, 7) is 3.25. The molecule has 2 atom stereocenters. The average molecular weight is 251 g/mol. The van der Waals surface area contributed by atoms with Gasteiger partial charge in [0.05, 0.1) is 21.3 Å². The van der Waals surface area contributed by atoms with Crippen molar-refractivity contribution in [1.29, 1.82) is 0 Å². The molecule has 0 amide bonds. The van der Waals surface area contributed by atoms with Gasteiger partial charge in [-0.15, -0.1) is 0 Å². The van der Waals surface area contributed by atoms with Gasteiger partial charge in [-0.1, -0.05) is 6.07 Å². The summed E-state index contributed by atoms with van der Waals surface area (Å²) in [6, 6.07) is 4.48. The maximum atomic E-state index is 5.54. The normalized spacial score (nSPS) is 22.9. The first kappa shape index (κ1) is 13.0. The Kier molecular flexibility index (Phi) is 3.97. The fourth-order valence-electron chi connectivity index (χ4n) is 2.70. The third-order valence-corrected chi connectivity index (χ3v) is 3.66. The van der Waals surface area contributed by atoms with Crippen LogP contribution in [0, 0.1) is 0 Å². The molecular formula is C14H21NO3. The van der Waals surface area contributed by atoms with E-state index < -0.39 is 0 Å². The molecule has 0 spiro atoms. The number of ether oxygens (including phenoxy) is 3. The van der Waals surface area contributed by atoms with Crippen LogP contribution < -0.4 is 19.5 Å². The molecule has 0 radical (unpaired) electrons. The van der Waals surface area contributed by atoms with Crippen molar-refractivity contribution in [2.75, 3.05) is 27.9 Å². The molecule has 1 fully saturated rings. The Bertz CT molecular complexity index is 420. The van der Waals surface area contributed by atoms with Gasteiger partial charge < -0.3 is 19.5 Å². The summed E-state index contributed by atoms with van der Waals surface area (Å²) >= 11 is 0. The predicted octanol–water partition coefficient (Wildman–Crippen LogP) is 2.18. The van der Waals surface area contributed by atoms with Crippen LogP contribution in [0.4, 0.5) is 0 Å². The highest BCUT2D eigenvalue weighted by atomic mass is 16.5. The van der Waals surface area contributed by atoms with Crippen LogP contribution in [0.2, 0.25) is 0 Å². The Morgan fingerprint density at radius 2 is 1.78 bits per heavy atom. The molecule has 1 aromatic rings. The minimum atomic E-state index is 0.456. The maximum Gasteiger partial charge on any atom is 0.203 e. The molecule has 0 saturated carbocycles. The topological polar surface area (TPSA) is 39.7 Å². The standard InChI is InChI=1S/C14H21NO3/c1-9-10(7-8-15-9)11-5-6-12(16-2)14(18-4)13(11)17-3/h5-6,9-10,15H,7-8H2,1-4H3. The highest BCUT2D eigenvalue weighted by molar-refractivity contribution is 5.57. The molecule has 100 valence electrons. The minimum Gasteiger partial charge on any atom is -0.493 e. The van der Waals surface area contributed by atoms with Crippen LogP contribution in [0.15, 0.2) is 12.1 Å². The first-order chi connectivity index (χ1) is 8.72. The van der Waals surface area contributed by atoms with Crippen molar-refractivity contribution in [3.05, 3.63) is 17.7 Å². The number of hydrogen-bond acceptors (Lipinski definition) is 4. The second-order valence-corrected chi connectivity index (χ2v) is 4.56. The van der Waals surface area contributed by atoms with E-state index in [1.807, 2.05) is 6.07 Å². The van der Waals surface area contributed by atoms with E-state index in [9.17, 15) is 0 Å². The van der Waals surface area contributed by atoms with Gasteiger partial charge in [-0.3, -0.25) is 0 Å². The Hall–Kier alpha value is -1.42. The van der Waals surface area contributed by atoms with Crippen molar-refractivity contribution in [1.82, 2.24) is 5.32 Å². The van der Waals surface area contributed by atoms with Crippen LogP contribution in [0.3, 0.4) is 0 Å². The molecule has 2 rings (SSSR count). The number of nitrogens with one attached hydrogen (secondary N) is 1. The SMILES string of the molecule is COc1ccc(C2CCNC2C)c(OC)c1OC. The van der Waals surface area contributed by atoms with E-state index in [-0.39, 0.29) is 0 Å². The van der Waals surface area contributed by atoms with Crippen LogP contribution in [0.1, 0.15) is 24.8 Å². The molecule has 0 aromatic heterocycles. The first-order valence-corrected chi connectivity index (χ1v) is 6.25. The van der Waals surface area contributed by atoms with Crippen molar-refractivity contribution in [2.24, 2.45) is 0 Å². The second kappa shape index (κ2) is 5.48. The van der Waals surface area contributed by atoms with Crippen molar-refractivity contribution in [3.8, 4) is 17.2 Å². The Morgan fingerprint density at radius 3 is 2.28 bits per heavy atom. The molecule has 1 aromatic carbocycles. The number of benzene rings is 1. The minimum absolute atomic E-state index is 0.456.